The molecule has 0 unspecified atom stereocenters. The molecular formula is C19H16ClN7O. The third-order valence-corrected chi connectivity index (χ3v) is 5.35. The molecule has 0 radical (unpaired) electrons. The summed E-state index contributed by atoms with van der Waals surface area (Å²) in [6.45, 7) is 3.76. The van der Waals surface area contributed by atoms with E-state index in [9.17, 15) is 4.79 Å². The van der Waals surface area contributed by atoms with Crippen LogP contribution in [0.5, 0.6) is 0 Å². The van der Waals surface area contributed by atoms with Crippen LogP contribution in [-0.2, 0) is 4.79 Å². The van der Waals surface area contributed by atoms with Crippen LogP contribution in [0, 0.1) is 13.8 Å². The Kier molecular flexibility index (Phi) is 3.70. The van der Waals surface area contributed by atoms with E-state index in [0.29, 0.717) is 34.6 Å². The van der Waals surface area contributed by atoms with Gasteiger partial charge in [0, 0.05) is 22.9 Å². The molecule has 0 fully saturated rings. The Bertz CT molecular complexity index is 1240. The van der Waals surface area contributed by atoms with Crippen molar-refractivity contribution in [2.45, 2.75) is 26.2 Å². The number of hydrogen-bond donors (Lipinski definition) is 1. The topological polar surface area (TPSA) is 90.0 Å². The summed E-state index contributed by atoms with van der Waals surface area (Å²) >= 11 is 6.43. The molecule has 28 heavy (non-hydrogen) atoms. The summed E-state index contributed by atoms with van der Waals surface area (Å²) in [7, 11) is 0. The number of anilines is 1. The third kappa shape index (κ3) is 2.49. The molecule has 0 aliphatic carbocycles. The predicted molar refractivity (Wildman–Crippen MR) is 104 cm³/mol. The zero-order valence-electron chi connectivity index (χ0n) is 15.2. The molecule has 0 saturated heterocycles. The van der Waals surface area contributed by atoms with Gasteiger partial charge in [-0.1, -0.05) is 29.8 Å². The lowest BCUT2D eigenvalue weighted by Gasteiger charge is -2.25. The maximum absolute atomic E-state index is 12.5. The Labute approximate surface area is 165 Å². The van der Waals surface area contributed by atoms with Crippen LogP contribution in [0.4, 0.5) is 5.82 Å². The Hall–Kier alpha value is -3.26. The summed E-state index contributed by atoms with van der Waals surface area (Å²) in [6.07, 6.45) is 0.320. The van der Waals surface area contributed by atoms with Crippen molar-refractivity contribution in [3.8, 4) is 5.82 Å². The summed E-state index contributed by atoms with van der Waals surface area (Å²) < 4.78 is 3.30. The molecule has 0 spiro atoms. The number of amides is 1. The fourth-order valence-electron chi connectivity index (χ4n) is 3.74. The molecule has 1 aliphatic rings. The van der Waals surface area contributed by atoms with E-state index in [4.69, 9.17) is 11.6 Å². The van der Waals surface area contributed by atoms with Crippen molar-refractivity contribution in [2.24, 2.45) is 0 Å². The third-order valence-electron chi connectivity index (χ3n) is 5.00. The van der Waals surface area contributed by atoms with Gasteiger partial charge in [-0.25, -0.2) is 0 Å². The standard InChI is InChI=1S/C19H16ClN7O/c1-10-18-13(12-5-3-4-6-14(12)20)9-17(28)21-19(18)27(24-10)16-8-7-15-23-22-11(2)26(15)25-16/h3-8,13H,9H2,1-2H3,(H,21,28)/t13-/m1/s1. The number of hydrogen-bond acceptors (Lipinski definition) is 5. The summed E-state index contributed by atoms with van der Waals surface area (Å²) in [5.41, 5.74) is 3.34. The molecule has 0 saturated carbocycles. The molecule has 4 aromatic rings. The van der Waals surface area contributed by atoms with Crippen LogP contribution in [0.25, 0.3) is 11.5 Å². The van der Waals surface area contributed by atoms with Crippen molar-refractivity contribution in [2.75, 3.05) is 5.32 Å². The monoisotopic (exact) mass is 393 g/mol. The molecule has 4 heterocycles. The SMILES string of the molecule is Cc1nn(-c2ccc3nnc(C)n3n2)c2c1[C@@H](c1ccccc1Cl)CC(=O)N2. The Morgan fingerprint density at radius 2 is 1.93 bits per heavy atom. The van der Waals surface area contributed by atoms with Gasteiger partial charge >= 0.3 is 0 Å². The first-order valence-corrected chi connectivity index (χ1v) is 9.24. The van der Waals surface area contributed by atoms with Gasteiger partial charge in [0.1, 0.15) is 5.82 Å². The summed E-state index contributed by atoms with van der Waals surface area (Å²) in [5, 5.41) is 20.9. The number of nitrogens with zero attached hydrogens (tertiary/aromatic N) is 6. The molecule has 1 amide bonds. The van der Waals surface area contributed by atoms with Crippen molar-refractivity contribution in [1.82, 2.24) is 29.6 Å². The molecule has 0 bridgehead atoms. The average Bonchev–Trinajstić information content (AvgIpc) is 3.21. The number of halogens is 1. The Morgan fingerprint density at radius 1 is 1.11 bits per heavy atom. The highest BCUT2D eigenvalue weighted by Gasteiger charge is 2.33. The first-order valence-electron chi connectivity index (χ1n) is 8.86. The highest BCUT2D eigenvalue weighted by Crippen LogP contribution is 2.42. The second-order valence-corrected chi connectivity index (χ2v) is 7.20. The van der Waals surface area contributed by atoms with Crippen molar-refractivity contribution in [1.29, 1.82) is 0 Å². The fraction of sp³-hybridized carbons (Fsp3) is 0.211. The average molecular weight is 394 g/mol. The van der Waals surface area contributed by atoms with Gasteiger partial charge in [-0.2, -0.15) is 14.3 Å². The lowest BCUT2D eigenvalue weighted by Crippen LogP contribution is -2.25. The number of fused-ring (bicyclic) bond motifs is 2. The first kappa shape index (κ1) is 16.9. The van der Waals surface area contributed by atoms with Crippen LogP contribution < -0.4 is 5.32 Å². The van der Waals surface area contributed by atoms with Crippen LogP contribution in [0.15, 0.2) is 36.4 Å². The lowest BCUT2D eigenvalue weighted by atomic mass is 9.86. The van der Waals surface area contributed by atoms with Gasteiger partial charge < -0.3 is 5.32 Å². The number of aromatic nitrogens is 6. The zero-order valence-corrected chi connectivity index (χ0v) is 16.0. The van der Waals surface area contributed by atoms with Gasteiger partial charge in [-0.3, -0.25) is 4.79 Å². The summed E-state index contributed by atoms with van der Waals surface area (Å²) in [6, 6.07) is 11.2. The van der Waals surface area contributed by atoms with Crippen molar-refractivity contribution >= 4 is 29.0 Å². The van der Waals surface area contributed by atoms with Crippen molar-refractivity contribution < 1.29 is 4.79 Å². The smallest absolute Gasteiger partial charge is 0.226 e. The van der Waals surface area contributed by atoms with Crippen molar-refractivity contribution in [3.63, 3.8) is 0 Å². The minimum atomic E-state index is -0.161. The molecular weight excluding hydrogens is 378 g/mol. The van der Waals surface area contributed by atoms with Gasteiger partial charge in [0.2, 0.25) is 5.91 Å². The van der Waals surface area contributed by atoms with E-state index in [0.717, 1.165) is 16.8 Å². The molecule has 1 atom stereocenters. The van der Waals surface area contributed by atoms with Gasteiger partial charge in [0.25, 0.3) is 0 Å². The second-order valence-electron chi connectivity index (χ2n) is 6.79. The van der Waals surface area contributed by atoms with E-state index < -0.39 is 0 Å². The van der Waals surface area contributed by atoms with E-state index in [1.807, 2.05) is 44.2 Å². The van der Waals surface area contributed by atoms with Crippen LogP contribution in [0.2, 0.25) is 5.02 Å². The number of carbonyl (C=O) groups excluding carboxylic acids is 1. The minimum absolute atomic E-state index is 0.0832. The molecule has 8 nitrogen and oxygen atoms in total. The Morgan fingerprint density at radius 3 is 2.75 bits per heavy atom. The van der Waals surface area contributed by atoms with Gasteiger partial charge in [0.15, 0.2) is 17.3 Å². The highest BCUT2D eigenvalue weighted by molar-refractivity contribution is 6.31. The Balaban J connectivity index is 1.70. The number of aryl methyl sites for hydroxylation is 2. The van der Waals surface area contributed by atoms with Crippen LogP contribution in [0.1, 0.15) is 35.0 Å². The number of benzene rings is 1. The maximum atomic E-state index is 12.5. The summed E-state index contributed by atoms with van der Waals surface area (Å²) in [4.78, 5) is 12.5. The quantitative estimate of drug-likeness (QED) is 0.565. The lowest BCUT2D eigenvalue weighted by molar-refractivity contribution is -0.116. The van der Waals surface area contributed by atoms with E-state index >= 15 is 0 Å². The molecule has 140 valence electrons. The minimum Gasteiger partial charge on any atom is -0.310 e. The molecule has 9 heteroatoms. The van der Waals surface area contributed by atoms with E-state index in [-0.39, 0.29) is 11.8 Å². The summed E-state index contributed by atoms with van der Waals surface area (Å²) in [5.74, 6) is 1.62. The van der Waals surface area contributed by atoms with Crippen LogP contribution in [-0.4, -0.2) is 35.5 Å². The largest absolute Gasteiger partial charge is 0.310 e. The molecule has 5 rings (SSSR count). The number of rotatable bonds is 2. The van der Waals surface area contributed by atoms with Gasteiger partial charge in [-0.15, -0.1) is 15.3 Å². The molecule has 1 aromatic carbocycles. The van der Waals surface area contributed by atoms with Gasteiger partial charge in [-0.05, 0) is 37.6 Å². The predicted octanol–water partition coefficient (Wildman–Crippen LogP) is 3.05. The molecule has 1 N–H and O–H groups in total. The zero-order chi connectivity index (χ0) is 19.4. The van der Waals surface area contributed by atoms with E-state index in [2.05, 4.69) is 25.7 Å². The molecule has 1 aliphatic heterocycles. The van der Waals surface area contributed by atoms with Crippen molar-refractivity contribution in [3.05, 3.63) is 64.1 Å². The van der Waals surface area contributed by atoms with E-state index in [1.54, 1.807) is 15.3 Å². The number of nitrogens with one attached hydrogen (secondary N) is 1. The maximum Gasteiger partial charge on any atom is 0.226 e. The second kappa shape index (κ2) is 6.13. The number of carbonyl (C=O) groups is 1. The highest BCUT2D eigenvalue weighted by atomic mass is 35.5. The molecule has 3 aromatic heterocycles. The van der Waals surface area contributed by atoms with Gasteiger partial charge in [0.05, 0.1) is 5.69 Å². The van der Waals surface area contributed by atoms with Crippen LogP contribution >= 0.6 is 11.6 Å². The fourth-order valence-corrected chi connectivity index (χ4v) is 4.00. The van der Waals surface area contributed by atoms with Crippen LogP contribution in [0.3, 0.4) is 0 Å². The normalized spacial score (nSPS) is 16.2. The van der Waals surface area contributed by atoms with E-state index in [1.165, 1.54) is 0 Å². The first-order chi connectivity index (χ1) is 13.5.